The Morgan fingerprint density at radius 2 is 2.26 bits per heavy atom. The summed E-state index contributed by atoms with van der Waals surface area (Å²) in [6.45, 7) is 6.02. The fourth-order valence-electron chi connectivity index (χ4n) is 2.57. The average molecular weight is 261 g/mol. The van der Waals surface area contributed by atoms with E-state index in [0.717, 1.165) is 31.6 Å². The van der Waals surface area contributed by atoms with Crippen molar-refractivity contribution in [3.63, 3.8) is 0 Å². The molecule has 1 aliphatic rings. The number of pyridine rings is 1. The molecule has 0 spiro atoms. The van der Waals surface area contributed by atoms with E-state index in [9.17, 15) is 4.79 Å². The molecule has 0 radical (unpaired) electrons. The molecular weight excluding hydrogens is 238 g/mol. The van der Waals surface area contributed by atoms with Crippen molar-refractivity contribution >= 4 is 5.91 Å². The SMILES string of the molecule is CCC1CN(C(=O)Cc2ccccn2)C(CC)CN1. The summed E-state index contributed by atoms with van der Waals surface area (Å²) < 4.78 is 0. The Bertz CT molecular complexity index is 407. The minimum atomic E-state index is 0.200. The molecule has 1 aliphatic heterocycles. The number of nitrogens with one attached hydrogen (secondary N) is 1. The Kier molecular flexibility index (Phi) is 4.91. The van der Waals surface area contributed by atoms with Crippen molar-refractivity contribution in [2.75, 3.05) is 13.1 Å². The highest BCUT2D eigenvalue weighted by molar-refractivity contribution is 5.78. The zero-order valence-corrected chi connectivity index (χ0v) is 11.8. The van der Waals surface area contributed by atoms with Crippen LogP contribution in [0.2, 0.25) is 0 Å². The summed E-state index contributed by atoms with van der Waals surface area (Å²) in [6, 6.07) is 6.47. The number of amides is 1. The summed E-state index contributed by atoms with van der Waals surface area (Å²) in [5.74, 6) is 0.200. The molecule has 2 rings (SSSR count). The van der Waals surface area contributed by atoms with Gasteiger partial charge in [-0.05, 0) is 25.0 Å². The van der Waals surface area contributed by atoms with Gasteiger partial charge in [0.15, 0.2) is 0 Å². The van der Waals surface area contributed by atoms with Crippen molar-refractivity contribution in [1.29, 1.82) is 0 Å². The topological polar surface area (TPSA) is 45.2 Å². The van der Waals surface area contributed by atoms with Crippen LogP contribution in [0.4, 0.5) is 0 Å². The van der Waals surface area contributed by atoms with Crippen LogP contribution in [-0.4, -0.2) is 41.0 Å². The van der Waals surface area contributed by atoms with Crippen LogP contribution in [0, 0.1) is 0 Å². The zero-order valence-electron chi connectivity index (χ0n) is 11.8. The first kappa shape index (κ1) is 14.0. The number of nitrogens with zero attached hydrogens (tertiary/aromatic N) is 2. The third-order valence-electron chi connectivity index (χ3n) is 3.84. The van der Waals surface area contributed by atoms with E-state index in [1.54, 1.807) is 6.20 Å². The molecule has 4 nitrogen and oxygen atoms in total. The Morgan fingerprint density at radius 3 is 2.89 bits per heavy atom. The van der Waals surface area contributed by atoms with Gasteiger partial charge < -0.3 is 10.2 Å². The highest BCUT2D eigenvalue weighted by Crippen LogP contribution is 2.14. The van der Waals surface area contributed by atoms with E-state index in [2.05, 4.69) is 24.1 Å². The second-order valence-corrected chi connectivity index (χ2v) is 5.12. The largest absolute Gasteiger partial charge is 0.337 e. The minimum Gasteiger partial charge on any atom is -0.337 e. The quantitative estimate of drug-likeness (QED) is 0.895. The lowest BCUT2D eigenvalue weighted by Crippen LogP contribution is -2.58. The number of carbonyl (C=O) groups is 1. The summed E-state index contributed by atoms with van der Waals surface area (Å²) in [5, 5.41) is 3.51. The molecule has 2 atom stereocenters. The number of piperazine rings is 1. The molecule has 0 saturated carbocycles. The Hall–Kier alpha value is -1.42. The lowest BCUT2D eigenvalue weighted by atomic mass is 10.0. The summed E-state index contributed by atoms with van der Waals surface area (Å²) >= 11 is 0. The van der Waals surface area contributed by atoms with Gasteiger partial charge >= 0.3 is 0 Å². The van der Waals surface area contributed by atoms with E-state index in [-0.39, 0.29) is 5.91 Å². The third-order valence-corrected chi connectivity index (χ3v) is 3.84. The molecule has 104 valence electrons. The van der Waals surface area contributed by atoms with Gasteiger partial charge in [-0.3, -0.25) is 9.78 Å². The van der Waals surface area contributed by atoms with Crippen molar-refractivity contribution < 1.29 is 4.79 Å². The van der Waals surface area contributed by atoms with Gasteiger partial charge in [0.05, 0.1) is 6.42 Å². The van der Waals surface area contributed by atoms with Crippen LogP contribution < -0.4 is 5.32 Å². The van der Waals surface area contributed by atoms with Gasteiger partial charge in [0.2, 0.25) is 5.91 Å². The predicted molar refractivity (Wildman–Crippen MR) is 75.8 cm³/mol. The maximum absolute atomic E-state index is 12.5. The Balaban J connectivity index is 2.02. The molecule has 4 heteroatoms. The molecule has 19 heavy (non-hydrogen) atoms. The number of rotatable bonds is 4. The van der Waals surface area contributed by atoms with Crippen LogP contribution in [0.5, 0.6) is 0 Å². The number of hydrogen-bond acceptors (Lipinski definition) is 3. The molecule has 1 amide bonds. The van der Waals surface area contributed by atoms with Gasteiger partial charge in [0.1, 0.15) is 0 Å². The molecule has 1 N–H and O–H groups in total. The molecule has 0 aliphatic carbocycles. The molecule has 2 heterocycles. The maximum Gasteiger partial charge on any atom is 0.228 e. The van der Waals surface area contributed by atoms with Crippen molar-refractivity contribution in [3.05, 3.63) is 30.1 Å². The lowest BCUT2D eigenvalue weighted by Gasteiger charge is -2.40. The van der Waals surface area contributed by atoms with Crippen LogP contribution in [0.3, 0.4) is 0 Å². The first-order chi connectivity index (χ1) is 9.24. The van der Waals surface area contributed by atoms with Gasteiger partial charge in [-0.2, -0.15) is 0 Å². The first-order valence-electron chi connectivity index (χ1n) is 7.17. The van der Waals surface area contributed by atoms with E-state index in [1.807, 2.05) is 23.1 Å². The first-order valence-corrected chi connectivity index (χ1v) is 7.17. The highest BCUT2D eigenvalue weighted by Gasteiger charge is 2.29. The third kappa shape index (κ3) is 3.53. The van der Waals surface area contributed by atoms with Crippen LogP contribution >= 0.6 is 0 Å². The van der Waals surface area contributed by atoms with Gasteiger partial charge in [-0.15, -0.1) is 0 Å². The van der Waals surface area contributed by atoms with Gasteiger partial charge in [-0.25, -0.2) is 0 Å². The molecule has 1 saturated heterocycles. The molecule has 0 bridgehead atoms. The lowest BCUT2D eigenvalue weighted by molar-refractivity contribution is -0.134. The van der Waals surface area contributed by atoms with Crippen molar-refractivity contribution in [1.82, 2.24) is 15.2 Å². The van der Waals surface area contributed by atoms with E-state index in [0.29, 0.717) is 18.5 Å². The zero-order chi connectivity index (χ0) is 13.7. The van der Waals surface area contributed by atoms with E-state index in [1.165, 1.54) is 0 Å². The van der Waals surface area contributed by atoms with Crippen molar-refractivity contribution in [2.24, 2.45) is 0 Å². The average Bonchev–Trinajstić information content (AvgIpc) is 2.47. The summed E-state index contributed by atoms with van der Waals surface area (Å²) in [6.07, 6.45) is 4.21. The molecule has 0 aromatic carbocycles. The van der Waals surface area contributed by atoms with Gasteiger partial charge in [-0.1, -0.05) is 19.9 Å². The van der Waals surface area contributed by atoms with Crippen LogP contribution in [0.15, 0.2) is 24.4 Å². The van der Waals surface area contributed by atoms with E-state index < -0.39 is 0 Å². The number of aromatic nitrogens is 1. The Morgan fingerprint density at radius 1 is 1.42 bits per heavy atom. The molecule has 1 aromatic heterocycles. The summed E-state index contributed by atoms with van der Waals surface area (Å²) in [7, 11) is 0. The normalized spacial score (nSPS) is 23.4. The van der Waals surface area contributed by atoms with Gasteiger partial charge in [0, 0.05) is 37.1 Å². The molecule has 1 aromatic rings. The Labute approximate surface area is 115 Å². The standard InChI is InChI=1S/C15H23N3O/c1-3-12-11-18(14(4-2)10-17-12)15(19)9-13-7-5-6-8-16-13/h5-8,12,14,17H,3-4,9-11H2,1-2H3. The van der Waals surface area contributed by atoms with E-state index >= 15 is 0 Å². The van der Waals surface area contributed by atoms with Gasteiger partial charge in [0.25, 0.3) is 0 Å². The fraction of sp³-hybridized carbons (Fsp3) is 0.600. The molecular formula is C15H23N3O. The smallest absolute Gasteiger partial charge is 0.228 e. The number of carbonyl (C=O) groups excluding carboxylic acids is 1. The molecule has 2 unspecified atom stereocenters. The summed E-state index contributed by atoms with van der Waals surface area (Å²) in [4.78, 5) is 18.7. The highest BCUT2D eigenvalue weighted by atomic mass is 16.2. The van der Waals surface area contributed by atoms with Crippen LogP contribution in [0.1, 0.15) is 32.4 Å². The predicted octanol–water partition coefficient (Wildman–Crippen LogP) is 1.61. The monoisotopic (exact) mass is 261 g/mol. The van der Waals surface area contributed by atoms with Crippen molar-refractivity contribution in [2.45, 2.75) is 45.2 Å². The minimum absolute atomic E-state index is 0.200. The van der Waals surface area contributed by atoms with Crippen LogP contribution in [-0.2, 0) is 11.2 Å². The van der Waals surface area contributed by atoms with Crippen LogP contribution in [0.25, 0.3) is 0 Å². The second-order valence-electron chi connectivity index (χ2n) is 5.12. The summed E-state index contributed by atoms with van der Waals surface area (Å²) in [5.41, 5.74) is 0.855. The second kappa shape index (κ2) is 6.66. The fourth-order valence-corrected chi connectivity index (χ4v) is 2.57. The number of hydrogen-bond donors (Lipinski definition) is 1. The maximum atomic E-state index is 12.5. The van der Waals surface area contributed by atoms with Crippen molar-refractivity contribution in [3.8, 4) is 0 Å². The molecule has 1 fully saturated rings. The van der Waals surface area contributed by atoms with E-state index in [4.69, 9.17) is 0 Å².